The van der Waals surface area contributed by atoms with Gasteiger partial charge in [0.15, 0.2) is 5.82 Å². The Morgan fingerprint density at radius 3 is 2.56 bits per heavy atom. The number of amides is 1. The summed E-state index contributed by atoms with van der Waals surface area (Å²) in [7, 11) is -3.85. The van der Waals surface area contributed by atoms with Crippen LogP contribution in [0.15, 0.2) is 64.0 Å². The van der Waals surface area contributed by atoms with Crippen molar-refractivity contribution in [1.82, 2.24) is 9.88 Å². The molecular formula is C18H16FN3O4S. The van der Waals surface area contributed by atoms with E-state index in [1.807, 2.05) is 0 Å². The number of hydrogen-bond donors (Lipinski definition) is 2. The SMILES string of the molecule is Cc1cc(NC(=O)c2cccc(S(=O)(=O)NCc3ccc(F)cc3)c2)no1. The van der Waals surface area contributed by atoms with Gasteiger partial charge in [0.1, 0.15) is 11.6 Å². The monoisotopic (exact) mass is 389 g/mol. The minimum atomic E-state index is -3.85. The fourth-order valence-electron chi connectivity index (χ4n) is 2.28. The Morgan fingerprint density at radius 2 is 1.89 bits per heavy atom. The fraction of sp³-hybridized carbons (Fsp3) is 0.111. The second-order valence-electron chi connectivity index (χ2n) is 5.76. The van der Waals surface area contributed by atoms with Crippen molar-refractivity contribution < 1.29 is 22.1 Å². The molecule has 3 aromatic rings. The molecule has 1 heterocycles. The number of benzene rings is 2. The molecule has 0 unspecified atom stereocenters. The Labute approximate surface area is 155 Å². The highest BCUT2D eigenvalue weighted by atomic mass is 32.2. The van der Waals surface area contributed by atoms with Gasteiger partial charge in [0.05, 0.1) is 4.90 Å². The van der Waals surface area contributed by atoms with Crippen molar-refractivity contribution in [2.75, 3.05) is 5.32 Å². The molecule has 2 aromatic carbocycles. The molecular weight excluding hydrogens is 373 g/mol. The Bertz CT molecular complexity index is 1060. The molecule has 0 bridgehead atoms. The largest absolute Gasteiger partial charge is 0.360 e. The highest BCUT2D eigenvalue weighted by Gasteiger charge is 2.17. The van der Waals surface area contributed by atoms with Crippen LogP contribution in [0.1, 0.15) is 21.7 Å². The second-order valence-corrected chi connectivity index (χ2v) is 7.52. The first-order chi connectivity index (χ1) is 12.8. The van der Waals surface area contributed by atoms with Crippen LogP contribution in [0, 0.1) is 12.7 Å². The van der Waals surface area contributed by atoms with Gasteiger partial charge >= 0.3 is 0 Å². The van der Waals surface area contributed by atoms with Crippen LogP contribution in [0.5, 0.6) is 0 Å². The molecule has 3 rings (SSSR count). The van der Waals surface area contributed by atoms with Crippen molar-refractivity contribution in [2.45, 2.75) is 18.4 Å². The van der Waals surface area contributed by atoms with Gasteiger partial charge in [-0.25, -0.2) is 17.5 Å². The summed E-state index contributed by atoms with van der Waals surface area (Å²) in [5.74, 6) is -0.145. The molecule has 0 spiro atoms. The quantitative estimate of drug-likeness (QED) is 0.675. The van der Waals surface area contributed by atoms with Gasteiger partial charge in [0, 0.05) is 18.2 Å². The van der Waals surface area contributed by atoms with Crippen molar-refractivity contribution in [3.05, 3.63) is 77.3 Å². The predicted molar refractivity (Wildman–Crippen MR) is 96.1 cm³/mol. The lowest BCUT2D eigenvalue weighted by Crippen LogP contribution is -2.23. The third-order valence-corrected chi connectivity index (χ3v) is 5.05. The first-order valence-corrected chi connectivity index (χ1v) is 9.41. The van der Waals surface area contributed by atoms with Crippen LogP contribution in [0.4, 0.5) is 10.2 Å². The van der Waals surface area contributed by atoms with Crippen molar-refractivity contribution in [1.29, 1.82) is 0 Å². The summed E-state index contributed by atoms with van der Waals surface area (Å²) >= 11 is 0. The number of rotatable bonds is 6. The molecule has 2 N–H and O–H groups in total. The molecule has 9 heteroatoms. The molecule has 7 nitrogen and oxygen atoms in total. The topological polar surface area (TPSA) is 101 Å². The first kappa shape index (κ1) is 18.7. The van der Waals surface area contributed by atoms with E-state index in [2.05, 4.69) is 15.2 Å². The van der Waals surface area contributed by atoms with E-state index in [1.54, 1.807) is 13.0 Å². The third-order valence-electron chi connectivity index (χ3n) is 3.66. The molecule has 0 saturated carbocycles. The first-order valence-electron chi connectivity index (χ1n) is 7.92. The molecule has 0 atom stereocenters. The smallest absolute Gasteiger partial charge is 0.256 e. The maximum absolute atomic E-state index is 12.9. The predicted octanol–water partition coefficient (Wildman–Crippen LogP) is 2.85. The number of carbonyl (C=O) groups excluding carboxylic acids is 1. The average molecular weight is 389 g/mol. The van der Waals surface area contributed by atoms with E-state index in [0.29, 0.717) is 11.3 Å². The molecule has 0 radical (unpaired) electrons. The van der Waals surface area contributed by atoms with E-state index in [9.17, 15) is 17.6 Å². The summed E-state index contributed by atoms with van der Waals surface area (Å²) in [6.45, 7) is 1.68. The standard InChI is InChI=1S/C18H16FN3O4S/c1-12-9-17(22-26-12)21-18(23)14-3-2-4-16(10-14)27(24,25)20-11-13-5-7-15(19)8-6-13/h2-10,20H,11H2,1H3,(H,21,22,23). The highest BCUT2D eigenvalue weighted by Crippen LogP contribution is 2.15. The van der Waals surface area contributed by atoms with Crippen molar-refractivity contribution in [3.8, 4) is 0 Å². The number of aryl methyl sites for hydroxylation is 1. The van der Waals surface area contributed by atoms with E-state index in [1.165, 1.54) is 48.5 Å². The van der Waals surface area contributed by atoms with E-state index in [0.717, 1.165) is 0 Å². The minimum Gasteiger partial charge on any atom is -0.360 e. The number of hydrogen-bond acceptors (Lipinski definition) is 5. The summed E-state index contributed by atoms with van der Waals surface area (Å²) in [5, 5.41) is 6.18. The van der Waals surface area contributed by atoms with Crippen LogP contribution in [0.25, 0.3) is 0 Å². The number of aromatic nitrogens is 1. The molecule has 0 fully saturated rings. The van der Waals surface area contributed by atoms with Crippen LogP contribution in [0.2, 0.25) is 0 Å². The van der Waals surface area contributed by atoms with Gasteiger partial charge in [-0.2, -0.15) is 0 Å². The van der Waals surface area contributed by atoms with Gasteiger partial charge in [-0.1, -0.05) is 23.4 Å². The number of halogens is 1. The Balaban J connectivity index is 1.73. The highest BCUT2D eigenvalue weighted by molar-refractivity contribution is 7.89. The lowest BCUT2D eigenvalue weighted by Gasteiger charge is -2.08. The summed E-state index contributed by atoms with van der Waals surface area (Å²) in [6.07, 6.45) is 0. The van der Waals surface area contributed by atoms with Crippen molar-refractivity contribution >= 4 is 21.7 Å². The maximum Gasteiger partial charge on any atom is 0.256 e. The maximum atomic E-state index is 12.9. The number of anilines is 1. The minimum absolute atomic E-state index is 0.00272. The van der Waals surface area contributed by atoms with E-state index in [-0.39, 0.29) is 22.8 Å². The summed E-state index contributed by atoms with van der Waals surface area (Å²) in [4.78, 5) is 12.2. The van der Waals surface area contributed by atoms with Gasteiger partial charge in [0.2, 0.25) is 10.0 Å². The summed E-state index contributed by atoms with van der Waals surface area (Å²) < 4.78 is 45.1. The average Bonchev–Trinajstić information content (AvgIpc) is 3.06. The van der Waals surface area contributed by atoms with Crippen LogP contribution >= 0.6 is 0 Å². The van der Waals surface area contributed by atoms with Crippen LogP contribution in [-0.2, 0) is 16.6 Å². The summed E-state index contributed by atoms with van der Waals surface area (Å²) in [5.41, 5.74) is 0.760. The number of carbonyl (C=O) groups is 1. The second kappa shape index (κ2) is 7.68. The molecule has 1 aromatic heterocycles. The van der Waals surface area contributed by atoms with Gasteiger partial charge in [-0.15, -0.1) is 0 Å². The molecule has 1 amide bonds. The Hall–Kier alpha value is -3.04. The van der Waals surface area contributed by atoms with Gasteiger partial charge in [-0.05, 0) is 42.8 Å². The number of nitrogens with one attached hydrogen (secondary N) is 2. The van der Waals surface area contributed by atoms with Crippen molar-refractivity contribution in [3.63, 3.8) is 0 Å². The Morgan fingerprint density at radius 1 is 1.15 bits per heavy atom. The number of nitrogens with zero attached hydrogens (tertiary/aromatic N) is 1. The van der Waals surface area contributed by atoms with Crippen LogP contribution < -0.4 is 10.0 Å². The fourth-order valence-corrected chi connectivity index (χ4v) is 3.35. The Kier molecular flexibility index (Phi) is 5.33. The zero-order chi connectivity index (χ0) is 19.4. The van der Waals surface area contributed by atoms with E-state index < -0.39 is 21.7 Å². The molecule has 0 aliphatic carbocycles. The molecule has 27 heavy (non-hydrogen) atoms. The third kappa shape index (κ3) is 4.78. The van der Waals surface area contributed by atoms with Gasteiger partial charge < -0.3 is 9.84 Å². The van der Waals surface area contributed by atoms with E-state index >= 15 is 0 Å². The zero-order valence-corrected chi connectivity index (χ0v) is 15.1. The van der Waals surface area contributed by atoms with Gasteiger partial charge in [0.25, 0.3) is 5.91 Å². The molecule has 0 saturated heterocycles. The van der Waals surface area contributed by atoms with Crippen molar-refractivity contribution in [2.24, 2.45) is 0 Å². The molecule has 0 aliphatic heterocycles. The van der Waals surface area contributed by atoms with Crippen LogP contribution in [0.3, 0.4) is 0 Å². The lowest BCUT2D eigenvalue weighted by atomic mass is 10.2. The zero-order valence-electron chi connectivity index (χ0n) is 14.3. The normalized spacial score (nSPS) is 11.3. The van der Waals surface area contributed by atoms with Crippen LogP contribution in [-0.4, -0.2) is 19.5 Å². The van der Waals surface area contributed by atoms with E-state index in [4.69, 9.17) is 4.52 Å². The molecule has 140 valence electrons. The van der Waals surface area contributed by atoms with Gasteiger partial charge in [-0.3, -0.25) is 4.79 Å². The molecule has 0 aliphatic rings. The lowest BCUT2D eigenvalue weighted by molar-refractivity contribution is 0.102. The number of sulfonamides is 1. The summed E-state index contributed by atoms with van der Waals surface area (Å²) in [6, 6.07) is 12.6.